The van der Waals surface area contributed by atoms with Crippen molar-refractivity contribution in [1.82, 2.24) is 5.32 Å². The highest BCUT2D eigenvalue weighted by atomic mass is 19.1. The number of hydrogen-bond donors (Lipinski definition) is 3. The minimum Gasteiger partial charge on any atom is -0.460 e. The van der Waals surface area contributed by atoms with E-state index in [1.165, 1.54) is 12.1 Å². The summed E-state index contributed by atoms with van der Waals surface area (Å²) in [4.78, 5) is 38.2. The van der Waals surface area contributed by atoms with E-state index in [-0.39, 0.29) is 13.0 Å². The minimum atomic E-state index is -0.656. The standard InChI is InChI=1S/C34H42FN3O5/c1-9-21-10-11-29(25(12-21)19-30(39)42-33(2,3)4)38-31(40)26-15-24(17-28(18-26)36-8)23-13-22(14-27(35)16-23)20-37-32(41)43-34(5,6)7/h10-18,36H,9,19-20H2,1-8H3,(H,37,41)(H,38,40). The Morgan fingerprint density at radius 3 is 2.12 bits per heavy atom. The smallest absolute Gasteiger partial charge is 0.407 e. The van der Waals surface area contributed by atoms with E-state index in [4.69, 9.17) is 9.47 Å². The highest BCUT2D eigenvalue weighted by molar-refractivity contribution is 6.06. The molecule has 230 valence electrons. The zero-order valence-electron chi connectivity index (χ0n) is 26.2. The maximum absolute atomic E-state index is 14.7. The summed E-state index contributed by atoms with van der Waals surface area (Å²) < 4.78 is 25.4. The largest absolute Gasteiger partial charge is 0.460 e. The van der Waals surface area contributed by atoms with Gasteiger partial charge < -0.3 is 25.4 Å². The van der Waals surface area contributed by atoms with Crippen molar-refractivity contribution >= 4 is 29.3 Å². The Hall–Kier alpha value is -4.40. The van der Waals surface area contributed by atoms with Crippen molar-refractivity contribution in [3.63, 3.8) is 0 Å². The fourth-order valence-electron chi connectivity index (χ4n) is 4.34. The zero-order chi connectivity index (χ0) is 31.9. The lowest BCUT2D eigenvalue weighted by Crippen LogP contribution is -2.32. The summed E-state index contributed by atoms with van der Waals surface area (Å²) in [7, 11) is 1.73. The van der Waals surface area contributed by atoms with Gasteiger partial charge in [-0.2, -0.15) is 0 Å². The molecular formula is C34H42FN3O5. The van der Waals surface area contributed by atoms with Crippen LogP contribution in [-0.4, -0.2) is 36.2 Å². The Kier molecular flexibility index (Phi) is 10.6. The number of benzene rings is 3. The van der Waals surface area contributed by atoms with E-state index >= 15 is 0 Å². The Labute approximate surface area is 253 Å². The second kappa shape index (κ2) is 13.7. The van der Waals surface area contributed by atoms with Crippen molar-refractivity contribution in [2.75, 3.05) is 17.7 Å². The lowest BCUT2D eigenvalue weighted by atomic mass is 9.99. The number of hydrogen-bond acceptors (Lipinski definition) is 6. The van der Waals surface area contributed by atoms with Gasteiger partial charge in [0.25, 0.3) is 5.91 Å². The molecule has 3 N–H and O–H groups in total. The molecule has 0 aliphatic heterocycles. The highest BCUT2D eigenvalue weighted by Crippen LogP contribution is 2.28. The Morgan fingerprint density at radius 1 is 0.814 bits per heavy atom. The van der Waals surface area contributed by atoms with Crippen LogP contribution in [0, 0.1) is 5.82 Å². The average molecular weight is 592 g/mol. The molecule has 0 aliphatic rings. The van der Waals surface area contributed by atoms with Crippen molar-refractivity contribution in [1.29, 1.82) is 0 Å². The highest BCUT2D eigenvalue weighted by Gasteiger charge is 2.20. The number of nitrogens with one attached hydrogen (secondary N) is 3. The number of carbonyl (C=O) groups is 3. The molecule has 43 heavy (non-hydrogen) atoms. The Morgan fingerprint density at radius 2 is 1.49 bits per heavy atom. The van der Waals surface area contributed by atoms with E-state index in [1.54, 1.807) is 58.2 Å². The van der Waals surface area contributed by atoms with Gasteiger partial charge in [-0.15, -0.1) is 0 Å². The number of alkyl carbamates (subject to hydrolysis) is 1. The Bertz CT molecular complexity index is 1490. The molecule has 2 amide bonds. The molecule has 0 bridgehead atoms. The van der Waals surface area contributed by atoms with E-state index in [0.29, 0.717) is 39.2 Å². The number of anilines is 2. The van der Waals surface area contributed by atoms with Gasteiger partial charge in [-0.3, -0.25) is 9.59 Å². The first kappa shape index (κ1) is 33.1. The first-order chi connectivity index (χ1) is 20.0. The van der Waals surface area contributed by atoms with Crippen molar-refractivity contribution in [2.24, 2.45) is 0 Å². The van der Waals surface area contributed by atoms with Crippen molar-refractivity contribution in [3.05, 3.63) is 82.7 Å². The molecule has 3 rings (SSSR count). The van der Waals surface area contributed by atoms with E-state index in [1.807, 2.05) is 39.8 Å². The molecule has 0 spiro atoms. The van der Waals surface area contributed by atoms with Gasteiger partial charge in [0.2, 0.25) is 0 Å². The molecule has 8 nitrogen and oxygen atoms in total. The Balaban J connectivity index is 1.89. The van der Waals surface area contributed by atoms with Crippen LogP contribution in [0.15, 0.2) is 54.6 Å². The quantitative estimate of drug-likeness (QED) is 0.226. The van der Waals surface area contributed by atoms with Crippen LogP contribution >= 0.6 is 0 Å². The summed E-state index contributed by atoms with van der Waals surface area (Å²) >= 11 is 0. The summed E-state index contributed by atoms with van der Waals surface area (Å²) in [5.74, 6) is -1.27. The first-order valence-electron chi connectivity index (χ1n) is 14.3. The number of esters is 1. The van der Waals surface area contributed by atoms with E-state index in [0.717, 1.165) is 12.0 Å². The lowest BCUT2D eigenvalue weighted by molar-refractivity contribution is -0.153. The molecule has 0 heterocycles. The molecule has 9 heteroatoms. The second-order valence-corrected chi connectivity index (χ2v) is 12.3. The third-order valence-electron chi connectivity index (χ3n) is 6.19. The molecule has 0 aliphatic carbocycles. The molecule has 0 fully saturated rings. The van der Waals surface area contributed by atoms with Crippen LogP contribution in [0.5, 0.6) is 0 Å². The molecule has 0 atom stereocenters. The van der Waals surface area contributed by atoms with E-state index in [9.17, 15) is 18.8 Å². The van der Waals surface area contributed by atoms with Gasteiger partial charge in [-0.05, 0) is 118 Å². The second-order valence-electron chi connectivity index (χ2n) is 12.3. The number of rotatable bonds is 9. The third kappa shape index (κ3) is 10.4. The van der Waals surface area contributed by atoms with Crippen LogP contribution < -0.4 is 16.0 Å². The fraction of sp³-hybridized carbons (Fsp3) is 0.382. The van der Waals surface area contributed by atoms with Gasteiger partial charge in [-0.25, -0.2) is 9.18 Å². The van der Waals surface area contributed by atoms with Crippen LogP contribution in [0.3, 0.4) is 0 Å². The summed E-state index contributed by atoms with van der Waals surface area (Å²) in [6.45, 7) is 12.8. The van der Waals surface area contributed by atoms with Crippen LogP contribution in [0.4, 0.5) is 20.6 Å². The van der Waals surface area contributed by atoms with E-state index < -0.39 is 35.0 Å². The van der Waals surface area contributed by atoms with Crippen LogP contribution in [0.2, 0.25) is 0 Å². The number of aryl methyl sites for hydroxylation is 1. The van der Waals surface area contributed by atoms with Gasteiger partial charge in [0.05, 0.1) is 6.42 Å². The average Bonchev–Trinajstić information content (AvgIpc) is 2.90. The molecular weight excluding hydrogens is 549 g/mol. The summed E-state index contributed by atoms with van der Waals surface area (Å²) in [6.07, 6.45) is 0.172. The van der Waals surface area contributed by atoms with Gasteiger partial charge >= 0.3 is 12.1 Å². The predicted octanol–water partition coefficient (Wildman–Crippen LogP) is 7.26. The van der Waals surface area contributed by atoms with Crippen LogP contribution in [0.1, 0.15) is 75.5 Å². The van der Waals surface area contributed by atoms with Gasteiger partial charge in [0.1, 0.15) is 17.0 Å². The molecule has 3 aromatic rings. The monoisotopic (exact) mass is 591 g/mol. The molecule has 0 unspecified atom stereocenters. The number of halogens is 1. The maximum Gasteiger partial charge on any atom is 0.407 e. The zero-order valence-corrected chi connectivity index (χ0v) is 26.2. The van der Waals surface area contributed by atoms with Crippen LogP contribution in [-0.2, 0) is 33.7 Å². The topological polar surface area (TPSA) is 106 Å². The maximum atomic E-state index is 14.7. The predicted molar refractivity (Wildman–Crippen MR) is 168 cm³/mol. The van der Waals surface area contributed by atoms with Gasteiger partial charge in [-0.1, -0.05) is 19.1 Å². The normalized spacial score (nSPS) is 11.5. The third-order valence-corrected chi connectivity index (χ3v) is 6.19. The summed E-state index contributed by atoms with van der Waals surface area (Å²) in [5, 5.41) is 8.64. The summed E-state index contributed by atoms with van der Waals surface area (Å²) in [6, 6.07) is 15.2. The number of carbonyl (C=O) groups excluding carboxylic acids is 3. The van der Waals surface area contributed by atoms with E-state index in [2.05, 4.69) is 16.0 Å². The SMILES string of the molecule is CCc1ccc(NC(=O)c2cc(NC)cc(-c3cc(F)cc(CNC(=O)OC(C)(C)C)c3)c2)c(CC(=O)OC(C)(C)C)c1. The molecule has 3 aromatic carbocycles. The molecule has 0 saturated carbocycles. The molecule has 0 radical (unpaired) electrons. The molecule has 0 saturated heterocycles. The van der Waals surface area contributed by atoms with Gasteiger partial charge in [0.15, 0.2) is 0 Å². The van der Waals surface area contributed by atoms with Crippen molar-refractivity contribution < 1.29 is 28.2 Å². The molecule has 0 aromatic heterocycles. The number of ether oxygens (including phenoxy) is 2. The van der Waals surface area contributed by atoms with Crippen molar-refractivity contribution in [3.8, 4) is 11.1 Å². The van der Waals surface area contributed by atoms with Crippen LogP contribution in [0.25, 0.3) is 11.1 Å². The minimum absolute atomic E-state index is 0.00588. The first-order valence-corrected chi connectivity index (χ1v) is 14.3. The van der Waals surface area contributed by atoms with Gasteiger partial charge in [0, 0.05) is 30.5 Å². The summed E-state index contributed by atoms with van der Waals surface area (Å²) in [5.41, 5.74) is 3.55. The lowest BCUT2D eigenvalue weighted by Gasteiger charge is -2.20. The van der Waals surface area contributed by atoms with Crippen molar-refractivity contribution in [2.45, 2.75) is 79.1 Å². The number of amides is 2. The fourth-order valence-corrected chi connectivity index (χ4v) is 4.34.